The van der Waals surface area contributed by atoms with Crippen LogP contribution in [0.3, 0.4) is 0 Å². The molecule has 0 spiro atoms. The Kier molecular flexibility index (Phi) is 5.11. The molecular weight excluding hydrogens is 144 g/mol. The van der Waals surface area contributed by atoms with E-state index < -0.39 is 12.1 Å². The fourth-order valence-corrected chi connectivity index (χ4v) is 0.518. The van der Waals surface area contributed by atoms with Crippen molar-refractivity contribution in [2.24, 2.45) is 0 Å². The summed E-state index contributed by atoms with van der Waals surface area (Å²) in [6.07, 6.45) is 4.66. The molecule has 0 aliphatic heterocycles. The van der Waals surface area contributed by atoms with Crippen LogP contribution < -0.4 is 0 Å². The van der Waals surface area contributed by atoms with Crippen LogP contribution in [0.4, 0.5) is 0 Å². The minimum absolute atomic E-state index is 0.156. The van der Waals surface area contributed by atoms with Gasteiger partial charge < -0.3 is 10.2 Å². The molecule has 1 atom stereocenters. The van der Waals surface area contributed by atoms with E-state index in [1.54, 1.807) is 18.2 Å². The summed E-state index contributed by atoms with van der Waals surface area (Å²) in [5.41, 5.74) is 0. The number of hydrogen-bond donors (Lipinski definition) is 2. The number of hydrogen-bond acceptors (Lipinski definition) is 2. The third-order valence-electron chi connectivity index (χ3n) is 1.11. The van der Waals surface area contributed by atoms with E-state index in [-0.39, 0.29) is 6.42 Å². The second-order valence-corrected chi connectivity index (χ2v) is 2.09. The minimum atomic E-state index is -1.28. The maximum atomic E-state index is 10.1. The largest absolute Gasteiger partial charge is 0.479 e. The molecule has 0 aliphatic carbocycles. The average molecular weight is 156 g/mol. The van der Waals surface area contributed by atoms with Crippen LogP contribution in [-0.4, -0.2) is 22.3 Å². The third-order valence-corrected chi connectivity index (χ3v) is 1.11. The van der Waals surface area contributed by atoms with Gasteiger partial charge in [-0.25, -0.2) is 4.79 Å². The molecule has 0 saturated carbocycles. The highest BCUT2D eigenvalue weighted by molar-refractivity contribution is 5.72. The van der Waals surface area contributed by atoms with Crippen LogP contribution in [0.15, 0.2) is 24.8 Å². The van der Waals surface area contributed by atoms with Gasteiger partial charge in [0, 0.05) is 6.42 Å². The average Bonchev–Trinajstić information content (AvgIpc) is 1.97. The maximum Gasteiger partial charge on any atom is 0.332 e. The second kappa shape index (κ2) is 5.68. The summed E-state index contributed by atoms with van der Waals surface area (Å²) in [5.74, 6) is -1.19. The summed E-state index contributed by atoms with van der Waals surface area (Å²) in [4.78, 5) is 10.1. The highest BCUT2D eigenvalue weighted by Gasteiger charge is 2.09. The Balaban J connectivity index is 3.52. The van der Waals surface area contributed by atoms with Crippen molar-refractivity contribution in [3.8, 4) is 0 Å². The molecule has 0 saturated heterocycles. The highest BCUT2D eigenvalue weighted by Crippen LogP contribution is 1.94. The van der Waals surface area contributed by atoms with E-state index in [0.717, 1.165) is 0 Å². The summed E-state index contributed by atoms with van der Waals surface area (Å²) in [7, 11) is 0. The molecule has 11 heavy (non-hydrogen) atoms. The van der Waals surface area contributed by atoms with Crippen LogP contribution in [-0.2, 0) is 4.79 Å². The second-order valence-electron chi connectivity index (χ2n) is 2.09. The van der Waals surface area contributed by atoms with Crippen LogP contribution >= 0.6 is 0 Å². The van der Waals surface area contributed by atoms with Crippen LogP contribution in [0.1, 0.15) is 12.8 Å². The lowest BCUT2D eigenvalue weighted by Crippen LogP contribution is -2.17. The van der Waals surface area contributed by atoms with Gasteiger partial charge in [-0.05, 0) is 6.42 Å². The molecule has 3 nitrogen and oxygen atoms in total. The smallest absolute Gasteiger partial charge is 0.332 e. The number of carboxylic acids is 1. The van der Waals surface area contributed by atoms with Crippen LogP contribution in [0.25, 0.3) is 0 Å². The molecule has 0 radical (unpaired) electrons. The molecule has 0 aliphatic rings. The molecule has 3 heteroatoms. The normalized spacial score (nSPS) is 13.2. The lowest BCUT2D eigenvalue weighted by atomic mass is 10.2. The van der Waals surface area contributed by atoms with Crippen molar-refractivity contribution in [3.63, 3.8) is 0 Å². The maximum absolute atomic E-state index is 10.1. The number of aliphatic carboxylic acids is 1. The Morgan fingerprint density at radius 2 is 2.18 bits per heavy atom. The van der Waals surface area contributed by atoms with E-state index in [4.69, 9.17) is 10.2 Å². The highest BCUT2D eigenvalue weighted by atomic mass is 16.4. The predicted molar refractivity (Wildman–Crippen MR) is 42.2 cm³/mol. The fraction of sp³-hybridized carbons (Fsp3) is 0.375. The zero-order valence-corrected chi connectivity index (χ0v) is 6.23. The van der Waals surface area contributed by atoms with Crippen molar-refractivity contribution in [2.45, 2.75) is 18.9 Å². The van der Waals surface area contributed by atoms with E-state index in [1.807, 2.05) is 0 Å². The van der Waals surface area contributed by atoms with E-state index >= 15 is 0 Å². The zero-order valence-electron chi connectivity index (χ0n) is 6.23. The molecule has 0 aromatic carbocycles. The number of aliphatic hydroxyl groups excluding tert-OH is 1. The molecule has 2 N–H and O–H groups in total. The van der Waals surface area contributed by atoms with E-state index in [9.17, 15) is 4.79 Å². The van der Waals surface area contributed by atoms with Gasteiger partial charge >= 0.3 is 5.97 Å². The van der Waals surface area contributed by atoms with Crippen LogP contribution in [0, 0.1) is 0 Å². The van der Waals surface area contributed by atoms with Crippen molar-refractivity contribution in [2.75, 3.05) is 0 Å². The molecule has 0 aromatic rings. The fourth-order valence-electron chi connectivity index (χ4n) is 0.518. The van der Waals surface area contributed by atoms with Gasteiger partial charge in [-0.2, -0.15) is 0 Å². The number of rotatable bonds is 5. The van der Waals surface area contributed by atoms with E-state index in [2.05, 4.69) is 6.58 Å². The monoisotopic (exact) mass is 156 g/mol. The van der Waals surface area contributed by atoms with E-state index in [0.29, 0.717) is 6.42 Å². The van der Waals surface area contributed by atoms with E-state index in [1.165, 1.54) is 0 Å². The van der Waals surface area contributed by atoms with Gasteiger partial charge in [0.05, 0.1) is 0 Å². The molecule has 0 aromatic heterocycles. The Hall–Kier alpha value is -1.09. The summed E-state index contributed by atoms with van der Waals surface area (Å²) >= 11 is 0. The van der Waals surface area contributed by atoms with Crippen LogP contribution in [0.2, 0.25) is 0 Å². The topological polar surface area (TPSA) is 57.5 Å². The number of allylic oxidation sites excluding steroid dienone is 2. The molecule has 0 bridgehead atoms. The lowest BCUT2D eigenvalue weighted by Gasteiger charge is -1.98. The lowest BCUT2D eigenvalue weighted by molar-refractivity contribution is -0.146. The predicted octanol–water partition coefficient (Wildman–Crippen LogP) is 0.954. The van der Waals surface area contributed by atoms with Gasteiger partial charge in [0.25, 0.3) is 0 Å². The Labute approximate surface area is 65.7 Å². The van der Waals surface area contributed by atoms with Crippen molar-refractivity contribution in [1.29, 1.82) is 0 Å². The first-order chi connectivity index (χ1) is 5.18. The standard InChI is InChI=1S/C8H12O3/c1-2-3-4-5-6-7(9)8(10)11/h2,4-5,7,9H,1,3,6H2,(H,10,11)/b5-4+. The summed E-state index contributed by atoms with van der Waals surface area (Å²) in [6.45, 7) is 3.48. The van der Waals surface area contributed by atoms with Gasteiger partial charge in [0.1, 0.15) is 0 Å². The molecule has 1 unspecified atom stereocenters. The summed E-state index contributed by atoms with van der Waals surface area (Å²) in [6, 6.07) is 0. The van der Waals surface area contributed by atoms with Crippen LogP contribution in [0.5, 0.6) is 0 Å². The molecule has 0 heterocycles. The Morgan fingerprint density at radius 3 is 2.64 bits per heavy atom. The molecule has 0 fully saturated rings. The first kappa shape index (κ1) is 9.91. The first-order valence-corrected chi connectivity index (χ1v) is 3.35. The number of carbonyl (C=O) groups is 1. The first-order valence-electron chi connectivity index (χ1n) is 3.35. The van der Waals surface area contributed by atoms with Gasteiger partial charge in [-0.3, -0.25) is 0 Å². The van der Waals surface area contributed by atoms with Crippen molar-refractivity contribution in [3.05, 3.63) is 24.8 Å². The SMILES string of the molecule is C=CC/C=C/CC(O)C(=O)O. The van der Waals surface area contributed by atoms with Gasteiger partial charge in [-0.15, -0.1) is 6.58 Å². The number of aliphatic hydroxyl groups is 1. The molecule has 62 valence electrons. The summed E-state index contributed by atoms with van der Waals surface area (Å²) < 4.78 is 0. The summed E-state index contributed by atoms with van der Waals surface area (Å²) in [5, 5.41) is 17.0. The Bertz CT molecular complexity index is 161. The number of carboxylic acid groups (broad SMARTS) is 1. The third kappa shape index (κ3) is 5.36. The zero-order chi connectivity index (χ0) is 8.69. The Morgan fingerprint density at radius 1 is 1.55 bits per heavy atom. The minimum Gasteiger partial charge on any atom is -0.479 e. The van der Waals surface area contributed by atoms with Crippen molar-refractivity contribution >= 4 is 5.97 Å². The van der Waals surface area contributed by atoms with Crippen molar-refractivity contribution in [1.82, 2.24) is 0 Å². The van der Waals surface area contributed by atoms with Gasteiger partial charge in [0.2, 0.25) is 0 Å². The molecular formula is C8H12O3. The molecule has 0 amide bonds. The van der Waals surface area contributed by atoms with Gasteiger partial charge in [0.15, 0.2) is 6.10 Å². The quantitative estimate of drug-likeness (QED) is 0.583. The van der Waals surface area contributed by atoms with Crippen molar-refractivity contribution < 1.29 is 15.0 Å². The molecule has 0 rings (SSSR count). The van der Waals surface area contributed by atoms with Gasteiger partial charge in [-0.1, -0.05) is 18.2 Å².